The van der Waals surface area contributed by atoms with Crippen LogP contribution in [0, 0.1) is 19.7 Å². The molecule has 0 aliphatic heterocycles. The molecular weight excluding hydrogens is 487 g/mol. The third-order valence-electron chi connectivity index (χ3n) is 5.58. The average molecular weight is 517 g/mol. The Balaban J connectivity index is 1.77. The van der Waals surface area contributed by atoms with Crippen molar-refractivity contribution < 1.29 is 31.8 Å². The molecule has 0 heterocycles. The van der Waals surface area contributed by atoms with Crippen molar-refractivity contribution in [3.05, 3.63) is 77.6 Å². The maximum atomic E-state index is 13.5. The first kappa shape index (κ1) is 26.8. The second-order valence-electron chi connectivity index (χ2n) is 7.90. The minimum absolute atomic E-state index is 0.115. The number of nitrogens with one attached hydrogen (secondary N) is 1. The zero-order valence-electron chi connectivity index (χ0n) is 20.6. The molecular formula is C26H29FN2O6S. The van der Waals surface area contributed by atoms with Gasteiger partial charge in [0.25, 0.3) is 10.0 Å². The average Bonchev–Trinajstić information content (AvgIpc) is 2.87. The molecule has 0 fully saturated rings. The first-order valence-corrected chi connectivity index (χ1v) is 12.6. The number of nitrogens with zero attached hydrogens (tertiary/aromatic N) is 1. The highest BCUT2D eigenvalue weighted by Gasteiger charge is 2.28. The highest BCUT2D eigenvalue weighted by Crippen LogP contribution is 2.32. The van der Waals surface area contributed by atoms with Gasteiger partial charge in [-0.1, -0.05) is 12.1 Å². The summed E-state index contributed by atoms with van der Waals surface area (Å²) in [6.07, 6.45) is 0. The summed E-state index contributed by atoms with van der Waals surface area (Å²) in [6.45, 7) is 3.77. The fourth-order valence-electron chi connectivity index (χ4n) is 3.44. The van der Waals surface area contributed by atoms with Gasteiger partial charge >= 0.3 is 0 Å². The summed E-state index contributed by atoms with van der Waals surface area (Å²) in [5, 5.41) is 2.67. The molecule has 36 heavy (non-hydrogen) atoms. The predicted molar refractivity (Wildman–Crippen MR) is 135 cm³/mol. The molecule has 3 aromatic rings. The highest BCUT2D eigenvalue weighted by atomic mass is 32.2. The number of rotatable bonds is 11. The smallest absolute Gasteiger partial charge is 0.264 e. The quantitative estimate of drug-likeness (QED) is 0.389. The monoisotopic (exact) mass is 516 g/mol. The van der Waals surface area contributed by atoms with E-state index in [-0.39, 0.29) is 29.5 Å². The number of amides is 1. The molecule has 0 bridgehead atoms. The van der Waals surface area contributed by atoms with Crippen molar-refractivity contribution in [3.63, 3.8) is 0 Å². The van der Waals surface area contributed by atoms with Crippen LogP contribution in [0.2, 0.25) is 0 Å². The Hall–Kier alpha value is -3.79. The Morgan fingerprint density at radius 2 is 1.64 bits per heavy atom. The van der Waals surface area contributed by atoms with Crippen LogP contribution in [0.5, 0.6) is 17.2 Å². The zero-order valence-corrected chi connectivity index (χ0v) is 21.4. The van der Waals surface area contributed by atoms with Crippen LogP contribution in [0.3, 0.4) is 0 Å². The lowest BCUT2D eigenvalue weighted by atomic mass is 10.1. The van der Waals surface area contributed by atoms with Gasteiger partial charge in [-0.3, -0.25) is 9.10 Å². The lowest BCUT2D eigenvalue weighted by molar-refractivity contribution is -0.119. The number of benzene rings is 3. The van der Waals surface area contributed by atoms with Gasteiger partial charge in [-0.25, -0.2) is 12.8 Å². The molecule has 0 unspecified atom stereocenters. The molecule has 1 amide bonds. The molecule has 0 aliphatic rings. The van der Waals surface area contributed by atoms with E-state index in [9.17, 15) is 17.6 Å². The van der Waals surface area contributed by atoms with E-state index < -0.39 is 28.3 Å². The molecule has 3 aromatic carbocycles. The third kappa shape index (κ3) is 6.25. The van der Waals surface area contributed by atoms with Crippen molar-refractivity contribution in [2.75, 3.05) is 38.2 Å². The number of carbonyl (C=O) groups excluding carboxylic acids is 1. The van der Waals surface area contributed by atoms with Gasteiger partial charge in [0.15, 0.2) is 11.5 Å². The molecule has 3 rings (SSSR count). The molecule has 8 nitrogen and oxygen atoms in total. The van der Waals surface area contributed by atoms with Crippen molar-refractivity contribution in [3.8, 4) is 17.2 Å². The van der Waals surface area contributed by atoms with Gasteiger partial charge in [0.1, 0.15) is 24.7 Å². The Kier molecular flexibility index (Phi) is 8.76. The Morgan fingerprint density at radius 3 is 2.31 bits per heavy atom. The van der Waals surface area contributed by atoms with E-state index in [1.165, 1.54) is 44.6 Å². The third-order valence-corrected chi connectivity index (χ3v) is 7.35. The standard InChI is InChI=1S/C26H29FN2O6S/c1-18-6-5-7-23(19(18)2)35-15-14-28-26(30)17-29(21-10-8-20(27)9-11-21)36(31,32)22-12-13-24(33-3)25(16-22)34-4/h5-13,16H,14-15,17H2,1-4H3,(H,28,30). The summed E-state index contributed by atoms with van der Waals surface area (Å²) < 4.78 is 57.6. The van der Waals surface area contributed by atoms with Gasteiger partial charge in [-0.2, -0.15) is 0 Å². The van der Waals surface area contributed by atoms with Crippen molar-refractivity contribution in [2.45, 2.75) is 18.7 Å². The van der Waals surface area contributed by atoms with Gasteiger partial charge in [0.05, 0.1) is 31.3 Å². The molecule has 0 saturated heterocycles. The molecule has 0 saturated carbocycles. The number of methoxy groups -OCH3 is 2. The molecule has 192 valence electrons. The SMILES string of the molecule is COc1ccc(S(=O)(=O)N(CC(=O)NCCOc2cccc(C)c2C)c2ccc(F)cc2)cc1OC. The topological polar surface area (TPSA) is 94.2 Å². The van der Waals surface area contributed by atoms with E-state index >= 15 is 0 Å². The first-order valence-electron chi connectivity index (χ1n) is 11.1. The number of carbonyl (C=O) groups is 1. The maximum absolute atomic E-state index is 13.5. The van der Waals surface area contributed by atoms with Gasteiger partial charge in [0, 0.05) is 6.07 Å². The number of halogens is 1. The van der Waals surface area contributed by atoms with Crippen molar-refractivity contribution in [1.29, 1.82) is 0 Å². The van der Waals surface area contributed by atoms with Gasteiger partial charge in [0.2, 0.25) is 5.91 Å². The summed E-state index contributed by atoms with van der Waals surface area (Å²) >= 11 is 0. The lowest BCUT2D eigenvalue weighted by Crippen LogP contribution is -2.42. The largest absolute Gasteiger partial charge is 0.493 e. The van der Waals surface area contributed by atoms with Crippen LogP contribution >= 0.6 is 0 Å². The summed E-state index contributed by atoms with van der Waals surface area (Å²) in [4.78, 5) is 12.6. The Labute approximate surface area is 210 Å². The fourth-order valence-corrected chi connectivity index (χ4v) is 4.88. The van der Waals surface area contributed by atoms with Crippen molar-refractivity contribution in [2.24, 2.45) is 0 Å². The number of ether oxygens (including phenoxy) is 3. The van der Waals surface area contributed by atoms with Crippen LogP contribution in [0.15, 0.2) is 65.6 Å². The number of anilines is 1. The molecule has 0 radical (unpaired) electrons. The van der Waals surface area contributed by atoms with E-state index in [0.717, 1.165) is 27.6 Å². The van der Waals surface area contributed by atoms with E-state index in [1.807, 2.05) is 32.0 Å². The lowest BCUT2D eigenvalue weighted by Gasteiger charge is -2.24. The number of sulfonamides is 1. The summed E-state index contributed by atoms with van der Waals surface area (Å²) in [5.74, 6) is 0.202. The van der Waals surface area contributed by atoms with Crippen molar-refractivity contribution >= 4 is 21.6 Å². The molecule has 0 spiro atoms. The van der Waals surface area contributed by atoms with Crippen LogP contribution < -0.4 is 23.8 Å². The van der Waals surface area contributed by atoms with E-state index in [2.05, 4.69) is 5.32 Å². The minimum Gasteiger partial charge on any atom is -0.493 e. The van der Waals surface area contributed by atoms with E-state index in [4.69, 9.17) is 14.2 Å². The molecule has 0 aliphatic carbocycles. The number of hydrogen-bond donors (Lipinski definition) is 1. The van der Waals surface area contributed by atoms with Crippen LogP contribution in [0.1, 0.15) is 11.1 Å². The number of hydrogen-bond acceptors (Lipinski definition) is 6. The van der Waals surface area contributed by atoms with Crippen molar-refractivity contribution in [1.82, 2.24) is 5.32 Å². The highest BCUT2D eigenvalue weighted by molar-refractivity contribution is 7.92. The fraction of sp³-hybridized carbons (Fsp3) is 0.269. The van der Waals surface area contributed by atoms with E-state index in [0.29, 0.717) is 11.5 Å². The molecule has 1 N–H and O–H groups in total. The molecule has 0 aromatic heterocycles. The maximum Gasteiger partial charge on any atom is 0.264 e. The zero-order chi connectivity index (χ0) is 26.3. The summed E-state index contributed by atoms with van der Waals surface area (Å²) in [5.41, 5.74) is 2.23. The second kappa shape index (κ2) is 11.8. The molecule has 10 heteroatoms. The summed E-state index contributed by atoms with van der Waals surface area (Å²) in [6, 6.07) is 14.7. The van der Waals surface area contributed by atoms with E-state index in [1.54, 1.807) is 0 Å². The van der Waals surface area contributed by atoms with Crippen LogP contribution in [-0.4, -0.2) is 48.2 Å². The molecule has 0 atom stereocenters. The van der Waals surface area contributed by atoms with Gasteiger partial charge < -0.3 is 19.5 Å². The minimum atomic E-state index is -4.22. The van der Waals surface area contributed by atoms with Crippen LogP contribution in [-0.2, 0) is 14.8 Å². The Bertz CT molecular complexity index is 1310. The summed E-state index contributed by atoms with van der Waals surface area (Å²) in [7, 11) is -1.40. The first-order chi connectivity index (χ1) is 17.2. The normalized spacial score (nSPS) is 11.0. The van der Waals surface area contributed by atoms with Gasteiger partial charge in [-0.15, -0.1) is 0 Å². The second-order valence-corrected chi connectivity index (χ2v) is 9.76. The number of aryl methyl sites for hydroxylation is 1. The van der Waals surface area contributed by atoms with Crippen LogP contribution in [0.25, 0.3) is 0 Å². The van der Waals surface area contributed by atoms with Gasteiger partial charge in [-0.05, 0) is 67.4 Å². The van der Waals surface area contributed by atoms with Crippen LogP contribution in [0.4, 0.5) is 10.1 Å². The Morgan fingerprint density at radius 1 is 0.944 bits per heavy atom. The predicted octanol–water partition coefficient (Wildman–Crippen LogP) is 3.85.